The molecular weight excluding hydrogens is 775 g/mol. The van der Waals surface area contributed by atoms with Crippen molar-refractivity contribution in [3.8, 4) is 0 Å². The fraction of sp³-hybridized carbons (Fsp3) is 0.652. The van der Waals surface area contributed by atoms with Crippen molar-refractivity contribution >= 4 is 19.8 Å². The maximum Gasteiger partial charge on any atom is 0.472 e. The Morgan fingerprint density at radius 1 is 0.576 bits per heavy atom. The number of allylic oxidation sites excluding steroid dienone is 13. The van der Waals surface area contributed by atoms with Crippen molar-refractivity contribution in [3.05, 3.63) is 85.1 Å². The zero-order valence-corrected chi connectivity index (χ0v) is 36.8. The molecule has 0 aliphatic rings. The SMILES string of the molecule is CC/C=C\C/C=C\C/C=C\C/C=C\C[C@@H](O)[C@H](O)CCCC(=O)O[C@H](COC(=O)CCC/C=C\C/C=C\C/C=C\CCCCCCCC)COP(=O)(O)OC[C@@H](O)CO. The summed E-state index contributed by atoms with van der Waals surface area (Å²) in [6, 6.07) is 0. The molecule has 0 aromatic rings. The Morgan fingerprint density at radius 2 is 1.08 bits per heavy atom. The molecule has 0 rings (SSSR count). The number of phosphoric ester groups is 1. The van der Waals surface area contributed by atoms with Gasteiger partial charge >= 0.3 is 19.8 Å². The van der Waals surface area contributed by atoms with Crippen LogP contribution in [0.25, 0.3) is 0 Å². The second-order valence-corrected chi connectivity index (χ2v) is 15.7. The van der Waals surface area contributed by atoms with E-state index in [9.17, 15) is 34.4 Å². The number of aliphatic hydroxyl groups is 4. The van der Waals surface area contributed by atoms with Crippen molar-refractivity contribution in [3.63, 3.8) is 0 Å². The Balaban J connectivity index is 4.65. The van der Waals surface area contributed by atoms with E-state index in [0.29, 0.717) is 19.3 Å². The topological polar surface area (TPSA) is 189 Å². The number of aliphatic hydroxyl groups excluding tert-OH is 4. The van der Waals surface area contributed by atoms with E-state index in [0.717, 1.165) is 38.5 Å². The van der Waals surface area contributed by atoms with Crippen LogP contribution in [0, 0.1) is 0 Å². The predicted octanol–water partition coefficient (Wildman–Crippen LogP) is 9.39. The van der Waals surface area contributed by atoms with Crippen LogP contribution in [0.4, 0.5) is 0 Å². The van der Waals surface area contributed by atoms with Crippen LogP contribution < -0.4 is 0 Å². The fourth-order valence-electron chi connectivity index (χ4n) is 5.27. The molecule has 0 heterocycles. The first-order valence-corrected chi connectivity index (χ1v) is 23.2. The van der Waals surface area contributed by atoms with Gasteiger partial charge in [0.2, 0.25) is 0 Å². The molecule has 12 nitrogen and oxygen atoms in total. The average molecular weight is 853 g/mol. The highest BCUT2D eigenvalue weighted by Gasteiger charge is 2.27. The van der Waals surface area contributed by atoms with Crippen LogP contribution >= 0.6 is 7.82 Å². The molecule has 338 valence electrons. The minimum absolute atomic E-state index is 0.104. The third-order valence-electron chi connectivity index (χ3n) is 8.73. The zero-order valence-electron chi connectivity index (χ0n) is 35.9. The summed E-state index contributed by atoms with van der Waals surface area (Å²) in [7, 11) is -4.72. The summed E-state index contributed by atoms with van der Waals surface area (Å²) in [5.74, 6) is -1.28. The predicted molar refractivity (Wildman–Crippen MR) is 235 cm³/mol. The van der Waals surface area contributed by atoms with Crippen molar-refractivity contribution in [1.82, 2.24) is 0 Å². The summed E-state index contributed by atoms with van der Waals surface area (Å²) in [4.78, 5) is 35.0. The van der Waals surface area contributed by atoms with Gasteiger partial charge in [-0.1, -0.05) is 131 Å². The fourth-order valence-corrected chi connectivity index (χ4v) is 6.06. The van der Waals surface area contributed by atoms with E-state index in [1.165, 1.54) is 38.5 Å². The summed E-state index contributed by atoms with van der Waals surface area (Å²) in [5, 5.41) is 39.0. The number of esters is 2. The number of hydrogen-bond donors (Lipinski definition) is 5. The molecule has 1 unspecified atom stereocenters. The van der Waals surface area contributed by atoms with Crippen LogP contribution in [0.15, 0.2) is 85.1 Å². The lowest BCUT2D eigenvalue weighted by atomic mass is 10.0. The van der Waals surface area contributed by atoms with Gasteiger partial charge < -0.3 is 34.8 Å². The Labute approximate surface area is 355 Å². The van der Waals surface area contributed by atoms with Crippen molar-refractivity contribution in [2.45, 2.75) is 167 Å². The minimum Gasteiger partial charge on any atom is -0.462 e. The quantitative estimate of drug-likeness (QED) is 0.0171. The summed E-state index contributed by atoms with van der Waals surface area (Å²) < 4.78 is 32.4. The first-order chi connectivity index (χ1) is 28.5. The lowest BCUT2D eigenvalue weighted by molar-refractivity contribution is -0.161. The van der Waals surface area contributed by atoms with Crippen molar-refractivity contribution in [1.29, 1.82) is 0 Å². The van der Waals surface area contributed by atoms with Crippen LogP contribution in [0.5, 0.6) is 0 Å². The normalized spacial score (nSPS) is 15.7. The highest BCUT2D eigenvalue weighted by atomic mass is 31.2. The Morgan fingerprint density at radius 3 is 1.68 bits per heavy atom. The van der Waals surface area contributed by atoms with Gasteiger partial charge in [-0.25, -0.2) is 4.57 Å². The summed E-state index contributed by atoms with van der Waals surface area (Å²) in [6.07, 6.45) is 40.1. The van der Waals surface area contributed by atoms with Gasteiger partial charge in [0.15, 0.2) is 6.10 Å². The molecule has 0 saturated heterocycles. The van der Waals surface area contributed by atoms with Crippen molar-refractivity contribution in [2.24, 2.45) is 0 Å². The molecular formula is C46H77O12P. The van der Waals surface area contributed by atoms with E-state index >= 15 is 0 Å². The third-order valence-corrected chi connectivity index (χ3v) is 9.69. The van der Waals surface area contributed by atoms with Gasteiger partial charge in [0.05, 0.1) is 32.0 Å². The third kappa shape index (κ3) is 39.0. The minimum atomic E-state index is -4.72. The van der Waals surface area contributed by atoms with Crippen LogP contribution in [0.3, 0.4) is 0 Å². The standard InChI is InChI=1S/C46H77O12P/c1-3-5-7-9-11-13-15-17-18-19-20-21-23-25-27-29-31-35-45(51)55-39-42(40-57-59(53,54)56-38-41(48)37-47)58-46(52)36-32-34-44(50)43(49)33-30-28-26-24-22-16-14-12-10-8-6-4-2/h6,8,12,14,17-18,20-22,24-25,27-28,30,41-44,47-50H,3-5,7,9-11,13,15-16,19,23,26,29,31-40H2,1-2H3,(H,53,54)/b8-6-,14-12-,18-17-,21-20-,24-22-,27-25-,30-28-/t41-,42+,43+,44+/m0/s1. The van der Waals surface area contributed by atoms with Crippen molar-refractivity contribution < 1.29 is 58.0 Å². The van der Waals surface area contributed by atoms with Crippen LogP contribution in [-0.4, -0.2) is 88.1 Å². The van der Waals surface area contributed by atoms with Gasteiger partial charge in [0.1, 0.15) is 12.7 Å². The van der Waals surface area contributed by atoms with Gasteiger partial charge in [0.25, 0.3) is 0 Å². The van der Waals surface area contributed by atoms with E-state index in [-0.39, 0.29) is 32.1 Å². The molecule has 0 amide bonds. The van der Waals surface area contributed by atoms with E-state index < -0.39 is 70.6 Å². The van der Waals surface area contributed by atoms with Crippen molar-refractivity contribution in [2.75, 3.05) is 26.4 Å². The summed E-state index contributed by atoms with van der Waals surface area (Å²) >= 11 is 0. The molecule has 0 spiro atoms. The van der Waals surface area contributed by atoms with E-state index in [2.05, 4.69) is 73.1 Å². The largest absolute Gasteiger partial charge is 0.472 e. The Hall–Kier alpha value is -2.93. The van der Waals surface area contributed by atoms with Gasteiger partial charge in [-0.3, -0.25) is 18.6 Å². The highest BCUT2D eigenvalue weighted by molar-refractivity contribution is 7.47. The number of rotatable bonds is 39. The number of unbranched alkanes of at least 4 members (excludes halogenated alkanes) is 7. The first kappa shape index (κ1) is 56.1. The average Bonchev–Trinajstić information content (AvgIpc) is 3.22. The molecule has 0 aromatic carbocycles. The first-order valence-electron chi connectivity index (χ1n) is 21.7. The molecule has 0 fully saturated rings. The number of carbonyl (C=O) groups excluding carboxylic acids is 2. The maximum atomic E-state index is 12.6. The number of carbonyl (C=O) groups is 2. The Bertz CT molecular complexity index is 1290. The lowest BCUT2D eigenvalue weighted by Gasteiger charge is -2.20. The molecule has 0 saturated carbocycles. The molecule has 0 bridgehead atoms. The van der Waals surface area contributed by atoms with Gasteiger partial charge in [-0.05, 0) is 83.5 Å². The zero-order chi connectivity index (χ0) is 43.7. The van der Waals surface area contributed by atoms with E-state index in [1.807, 2.05) is 24.3 Å². The second-order valence-electron chi connectivity index (χ2n) is 14.3. The molecule has 5 atom stereocenters. The van der Waals surface area contributed by atoms with Crippen LogP contribution in [0.1, 0.15) is 142 Å². The second kappa shape index (κ2) is 40.5. The van der Waals surface area contributed by atoms with E-state index in [1.54, 1.807) is 6.08 Å². The van der Waals surface area contributed by atoms with Gasteiger partial charge in [0, 0.05) is 12.8 Å². The monoisotopic (exact) mass is 853 g/mol. The number of phosphoric acid groups is 1. The molecule has 5 N–H and O–H groups in total. The molecule has 0 aromatic heterocycles. The lowest BCUT2D eigenvalue weighted by Crippen LogP contribution is -2.30. The number of hydrogen-bond acceptors (Lipinski definition) is 11. The number of ether oxygens (including phenoxy) is 2. The summed E-state index contributed by atoms with van der Waals surface area (Å²) in [6.45, 7) is 1.84. The van der Waals surface area contributed by atoms with E-state index in [4.69, 9.17) is 19.1 Å². The molecule has 59 heavy (non-hydrogen) atoms. The Kier molecular flexibility index (Phi) is 38.5. The molecule has 0 radical (unpaired) electrons. The highest BCUT2D eigenvalue weighted by Crippen LogP contribution is 2.43. The van der Waals surface area contributed by atoms with Gasteiger partial charge in [-0.15, -0.1) is 0 Å². The maximum absolute atomic E-state index is 12.6. The summed E-state index contributed by atoms with van der Waals surface area (Å²) in [5.41, 5.74) is 0. The van der Waals surface area contributed by atoms with Crippen LogP contribution in [-0.2, 0) is 32.7 Å². The molecule has 13 heteroatoms. The van der Waals surface area contributed by atoms with Gasteiger partial charge in [-0.2, -0.15) is 0 Å². The van der Waals surface area contributed by atoms with Crippen LogP contribution in [0.2, 0.25) is 0 Å². The smallest absolute Gasteiger partial charge is 0.462 e. The molecule has 0 aliphatic heterocycles. The molecule has 0 aliphatic carbocycles.